The summed E-state index contributed by atoms with van der Waals surface area (Å²) in [5.74, 6) is -1.02. The Morgan fingerprint density at radius 2 is 2.08 bits per heavy atom. The molecule has 10 nitrogen and oxygen atoms in total. The first-order chi connectivity index (χ1) is 17.2. The third kappa shape index (κ3) is 8.54. The van der Waals surface area contributed by atoms with Crippen LogP contribution in [0.4, 0.5) is 10.5 Å². The van der Waals surface area contributed by atoms with Gasteiger partial charge in [0.25, 0.3) is 5.91 Å². The molecule has 12 heteroatoms. The van der Waals surface area contributed by atoms with Gasteiger partial charge in [-0.3, -0.25) is 9.59 Å². The van der Waals surface area contributed by atoms with E-state index in [2.05, 4.69) is 20.9 Å². The number of hydrogen-bond acceptors (Lipinski definition) is 6. The van der Waals surface area contributed by atoms with E-state index in [0.717, 1.165) is 18.5 Å². The summed E-state index contributed by atoms with van der Waals surface area (Å²) in [5.41, 5.74) is 1.37. The maximum absolute atomic E-state index is 12.6. The van der Waals surface area contributed by atoms with Gasteiger partial charge in [0.2, 0.25) is 5.88 Å². The van der Waals surface area contributed by atoms with E-state index >= 15 is 0 Å². The average molecular weight is 538 g/mol. The summed E-state index contributed by atoms with van der Waals surface area (Å²) < 4.78 is 5.66. The first-order valence-corrected chi connectivity index (χ1v) is 12.3. The molecule has 0 bridgehead atoms. The van der Waals surface area contributed by atoms with Gasteiger partial charge in [-0.15, -0.1) is 0 Å². The van der Waals surface area contributed by atoms with Gasteiger partial charge in [-0.1, -0.05) is 42.3 Å². The zero-order valence-corrected chi connectivity index (χ0v) is 21.3. The van der Waals surface area contributed by atoms with Crippen LogP contribution in [0.3, 0.4) is 0 Å². The first kappa shape index (κ1) is 27.5. The highest BCUT2D eigenvalue weighted by Gasteiger charge is 2.24. The van der Waals surface area contributed by atoms with Crippen molar-refractivity contribution in [1.82, 2.24) is 20.5 Å². The standard InChI is InChI=1S/C24H29Cl2N5O5/c1-2-20(36-23-19(26)11-16(25)13-28-23)22(34)27-12-15-4-3-5-17(10-15)29-24(35)30-18-6-8-31(14-18)9-7-21(32)33/h3-5,10-11,13,18,20H,2,6-9,12,14H2,1H3,(H,27,34)(H,32,33)(H2,29,30,35)/t18-,20-/m1/s1. The lowest BCUT2D eigenvalue weighted by Crippen LogP contribution is -2.40. The molecule has 1 aromatic carbocycles. The first-order valence-electron chi connectivity index (χ1n) is 11.6. The van der Waals surface area contributed by atoms with Crippen LogP contribution in [0.2, 0.25) is 10.0 Å². The van der Waals surface area contributed by atoms with Crippen LogP contribution in [0, 0.1) is 0 Å². The van der Waals surface area contributed by atoms with Crippen LogP contribution >= 0.6 is 23.2 Å². The van der Waals surface area contributed by atoms with Crippen molar-refractivity contribution in [2.75, 3.05) is 25.0 Å². The Hall–Kier alpha value is -3.08. The zero-order chi connectivity index (χ0) is 26.1. The third-order valence-electron chi connectivity index (χ3n) is 5.59. The van der Waals surface area contributed by atoms with Crippen molar-refractivity contribution >= 4 is 46.8 Å². The number of amides is 3. The number of aromatic nitrogens is 1. The fraction of sp³-hybridized carbons (Fsp3) is 0.417. The average Bonchev–Trinajstić information content (AvgIpc) is 3.28. The molecule has 0 saturated carbocycles. The maximum Gasteiger partial charge on any atom is 0.319 e. The number of anilines is 1. The molecule has 2 atom stereocenters. The lowest BCUT2D eigenvalue weighted by atomic mass is 10.2. The fourth-order valence-corrected chi connectivity index (χ4v) is 4.19. The molecule has 4 N–H and O–H groups in total. The molecule has 0 spiro atoms. The molecule has 3 amide bonds. The molecule has 2 aromatic rings. The molecule has 1 aromatic heterocycles. The number of nitrogens with one attached hydrogen (secondary N) is 3. The van der Waals surface area contributed by atoms with E-state index in [1.165, 1.54) is 12.3 Å². The van der Waals surface area contributed by atoms with Crippen LogP contribution in [0.25, 0.3) is 0 Å². The van der Waals surface area contributed by atoms with E-state index in [-0.39, 0.29) is 41.8 Å². The minimum Gasteiger partial charge on any atom is -0.481 e. The number of carbonyl (C=O) groups is 3. The van der Waals surface area contributed by atoms with Crippen LogP contribution < -0.4 is 20.7 Å². The predicted octanol–water partition coefficient (Wildman–Crippen LogP) is 3.53. The molecule has 0 unspecified atom stereocenters. The molecular weight excluding hydrogens is 509 g/mol. The number of hydrogen-bond donors (Lipinski definition) is 4. The van der Waals surface area contributed by atoms with Gasteiger partial charge < -0.3 is 30.7 Å². The Bertz CT molecular complexity index is 1090. The highest BCUT2D eigenvalue weighted by molar-refractivity contribution is 6.35. The number of aliphatic carboxylic acids is 1. The number of benzene rings is 1. The molecule has 1 saturated heterocycles. The van der Waals surface area contributed by atoms with Gasteiger partial charge >= 0.3 is 12.0 Å². The van der Waals surface area contributed by atoms with Gasteiger partial charge in [0.05, 0.1) is 11.4 Å². The van der Waals surface area contributed by atoms with Crippen molar-refractivity contribution in [3.63, 3.8) is 0 Å². The van der Waals surface area contributed by atoms with Crippen LogP contribution in [-0.2, 0) is 16.1 Å². The summed E-state index contributed by atoms with van der Waals surface area (Å²) >= 11 is 11.9. The van der Waals surface area contributed by atoms with Crippen molar-refractivity contribution in [2.24, 2.45) is 0 Å². The fourth-order valence-electron chi connectivity index (χ4n) is 3.77. The van der Waals surface area contributed by atoms with Gasteiger partial charge in [0.1, 0.15) is 5.02 Å². The van der Waals surface area contributed by atoms with E-state index in [0.29, 0.717) is 30.2 Å². The van der Waals surface area contributed by atoms with Crippen molar-refractivity contribution in [2.45, 2.75) is 44.9 Å². The molecule has 36 heavy (non-hydrogen) atoms. The summed E-state index contributed by atoms with van der Waals surface area (Å²) in [6.07, 6.45) is 1.85. The lowest BCUT2D eigenvalue weighted by molar-refractivity contribution is -0.137. The second-order valence-corrected chi connectivity index (χ2v) is 9.25. The minimum atomic E-state index is -0.832. The second-order valence-electron chi connectivity index (χ2n) is 8.40. The number of carboxylic acid groups (broad SMARTS) is 1. The van der Waals surface area contributed by atoms with E-state index in [1.54, 1.807) is 18.2 Å². The number of pyridine rings is 1. The van der Waals surface area contributed by atoms with Crippen LogP contribution in [0.5, 0.6) is 5.88 Å². The Labute approximate surface area is 219 Å². The van der Waals surface area contributed by atoms with Crippen LogP contribution in [-0.4, -0.2) is 64.7 Å². The van der Waals surface area contributed by atoms with Gasteiger partial charge in [0, 0.05) is 44.1 Å². The molecular formula is C24H29Cl2N5O5. The molecule has 0 aliphatic carbocycles. The normalized spacial score (nSPS) is 16.2. The van der Waals surface area contributed by atoms with Gasteiger partial charge in [-0.2, -0.15) is 0 Å². The monoisotopic (exact) mass is 537 g/mol. The number of rotatable bonds is 11. The summed E-state index contributed by atoms with van der Waals surface area (Å²) in [5, 5.41) is 18.0. The summed E-state index contributed by atoms with van der Waals surface area (Å²) in [4.78, 5) is 41.8. The Kier molecular flexibility index (Phi) is 10.2. The van der Waals surface area contributed by atoms with Gasteiger partial charge in [0.15, 0.2) is 6.10 Å². The lowest BCUT2D eigenvalue weighted by Gasteiger charge is -2.18. The smallest absolute Gasteiger partial charge is 0.319 e. The Morgan fingerprint density at radius 3 is 2.81 bits per heavy atom. The SMILES string of the molecule is CC[C@@H](Oc1ncc(Cl)cc1Cl)C(=O)NCc1cccc(NC(=O)N[C@@H]2CCN(CCC(=O)O)C2)c1. The Morgan fingerprint density at radius 1 is 1.28 bits per heavy atom. The molecule has 0 radical (unpaired) electrons. The molecule has 1 aliphatic rings. The largest absolute Gasteiger partial charge is 0.481 e. The van der Waals surface area contributed by atoms with Crippen molar-refractivity contribution in [3.8, 4) is 5.88 Å². The summed E-state index contributed by atoms with van der Waals surface area (Å²) in [7, 11) is 0. The number of nitrogens with zero attached hydrogens (tertiary/aromatic N) is 2. The molecule has 1 aliphatic heterocycles. The molecule has 2 heterocycles. The van der Waals surface area contributed by atoms with E-state index < -0.39 is 12.1 Å². The molecule has 194 valence electrons. The number of carbonyl (C=O) groups excluding carboxylic acids is 2. The van der Waals surface area contributed by atoms with E-state index in [9.17, 15) is 14.4 Å². The number of likely N-dealkylation sites (tertiary alicyclic amines) is 1. The predicted molar refractivity (Wildman–Crippen MR) is 137 cm³/mol. The number of urea groups is 1. The zero-order valence-electron chi connectivity index (χ0n) is 19.8. The molecule has 1 fully saturated rings. The Balaban J connectivity index is 1.47. The quantitative estimate of drug-likeness (QED) is 0.344. The van der Waals surface area contributed by atoms with E-state index in [1.807, 2.05) is 17.9 Å². The number of carboxylic acids is 1. The topological polar surface area (TPSA) is 133 Å². The second kappa shape index (κ2) is 13.3. The third-order valence-corrected chi connectivity index (χ3v) is 6.07. The van der Waals surface area contributed by atoms with Crippen molar-refractivity contribution in [3.05, 3.63) is 52.1 Å². The number of ether oxygens (including phenoxy) is 1. The summed E-state index contributed by atoms with van der Waals surface area (Å²) in [6, 6.07) is 8.25. The van der Waals surface area contributed by atoms with Crippen LogP contribution in [0.15, 0.2) is 36.5 Å². The van der Waals surface area contributed by atoms with Gasteiger partial charge in [-0.05, 0) is 36.6 Å². The van der Waals surface area contributed by atoms with Gasteiger partial charge in [-0.25, -0.2) is 9.78 Å². The summed E-state index contributed by atoms with van der Waals surface area (Å²) in [6.45, 7) is 3.88. The van der Waals surface area contributed by atoms with Crippen LogP contribution in [0.1, 0.15) is 31.7 Å². The minimum absolute atomic E-state index is 0.0455. The number of halogens is 2. The molecule has 3 rings (SSSR count). The maximum atomic E-state index is 12.6. The van der Waals surface area contributed by atoms with E-state index in [4.69, 9.17) is 33.0 Å². The highest BCUT2D eigenvalue weighted by atomic mass is 35.5. The van der Waals surface area contributed by atoms with Crippen molar-refractivity contribution in [1.29, 1.82) is 0 Å². The van der Waals surface area contributed by atoms with Crippen molar-refractivity contribution < 1.29 is 24.2 Å². The highest BCUT2D eigenvalue weighted by Crippen LogP contribution is 2.26.